The zero-order valence-corrected chi connectivity index (χ0v) is 24.7. The first-order valence-electron chi connectivity index (χ1n) is 13.3. The third-order valence-electron chi connectivity index (χ3n) is 4.91. The van der Waals surface area contributed by atoms with Crippen molar-refractivity contribution < 1.29 is 57.6 Å². The Morgan fingerprint density at radius 3 is 2.21 bits per heavy atom. The highest BCUT2D eigenvalue weighted by atomic mass is 32.2. The molecule has 18 heteroatoms. The quantitative estimate of drug-likeness (QED) is 0.0538. The number of ether oxygens (including phenoxy) is 5. The minimum atomic E-state index is -1.26. The van der Waals surface area contributed by atoms with Crippen LogP contribution in [-0.4, -0.2) is 123 Å². The topological polar surface area (TPSA) is 257 Å². The molecule has 0 saturated heterocycles. The van der Waals surface area contributed by atoms with Gasteiger partial charge in [0, 0.05) is 24.5 Å². The monoisotopic (exact) mass is 625 g/mol. The number of aliphatic hydroxyl groups is 1. The highest BCUT2D eigenvalue weighted by Gasteiger charge is 2.24. The van der Waals surface area contributed by atoms with Crippen molar-refractivity contribution in [1.29, 1.82) is 0 Å². The van der Waals surface area contributed by atoms with Gasteiger partial charge in [-0.05, 0) is 26.7 Å². The van der Waals surface area contributed by atoms with E-state index in [0.29, 0.717) is 12.8 Å². The predicted octanol–water partition coefficient (Wildman–Crippen LogP) is -1.86. The van der Waals surface area contributed by atoms with E-state index in [4.69, 9.17) is 30.4 Å². The lowest BCUT2D eigenvalue weighted by Crippen LogP contribution is -2.54. The van der Waals surface area contributed by atoms with E-state index >= 15 is 0 Å². The molecular formula is C24H43N5O12S. The van der Waals surface area contributed by atoms with Crippen molar-refractivity contribution >= 4 is 47.7 Å². The molecule has 8 N–H and O–H groups in total. The second-order valence-corrected chi connectivity index (χ2v) is 9.46. The molecule has 0 aromatic heterocycles. The Morgan fingerprint density at radius 2 is 1.57 bits per heavy atom. The number of hydrogen-bond acceptors (Lipinski definition) is 14. The van der Waals surface area contributed by atoms with E-state index in [-0.39, 0.29) is 64.1 Å². The van der Waals surface area contributed by atoms with Gasteiger partial charge in [-0.25, -0.2) is 9.59 Å². The van der Waals surface area contributed by atoms with Gasteiger partial charge in [-0.15, -0.1) is 0 Å². The summed E-state index contributed by atoms with van der Waals surface area (Å²) in [5, 5.41) is 16.7. The van der Waals surface area contributed by atoms with Crippen LogP contribution in [0.1, 0.15) is 33.1 Å². The fraction of sp³-hybridized carbons (Fsp3) is 0.750. The highest BCUT2D eigenvalue weighted by Crippen LogP contribution is 2.13. The number of carbonyl (C=O) groups is 6. The van der Waals surface area contributed by atoms with E-state index < -0.39 is 60.7 Å². The summed E-state index contributed by atoms with van der Waals surface area (Å²) in [6.45, 7) is 2.83. The lowest BCUT2D eigenvalue weighted by molar-refractivity contribution is -0.130. The minimum absolute atomic E-state index is 0.00789. The fourth-order valence-electron chi connectivity index (χ4n) is 2.88. The average molecular weight is 626 g/mol. The van der Waals surface area contributed by atoms with Crippen molar-refractivity contribution in [2.24, 2.45) is 11.5 Å². The molecule has 0 radical (unpaired) electrons. The molecule has 0 aliphatic carbocycles. The van der Waals surface area contributed by atoms with Crippen molar-refractivity contribution in [2.75, 3.05) is 64.2 Å². The number of hydrogen-bond donors (Lipinski definition) is 6. The molecule has 3 atom stereocenters. The van der Waals surface area contributed by atoms with Gasteiger partial charge in [0.1, 0.15) is 12.1 Å². The van der Waals surface area contributed by atoms with E-state index in [1.165, 1.54) is 11.8 Å². The van der Waals surface area contributed by atoms with Crippen molar-refractivity contribution in [2.45, 2.75) is 51.3 Å². The third kappa shape index (κ3) is 20.5. The van der Waals surface area contributed by atoms with Crippen molar-refractivity contribution in [1.82, 2.24) is 16.0 Å². The van der Waals surface area contributed by atoms with E-state index in [2.05, 4.69) is 20.7 Å². The molecule has 4 amide bonds. The van der Waals surface area contributed by atoms with E-state index in [0.717, 1.165) is 0 Å². The van der Waals surface area contributed by atoms with Crippen LogP contribution in [0.25, 0.3) is 0 Å². The van der Waals surface area contributed by atoms with E-state index in [1.54, 1.807) is 13.8 Å². The van der Waals surface area contributed by atoms with Crippen LogP contribution >= 0.6 is 11.8 Å². The zero-order valence-electron chi connectivity index (χ0n) is 23.9. The van der Waals surface area contributed by atoms with Gasteiger partial charge in [-0.1, -0.05) is 0 Å². The number of amides is 4. The largest absolute Gasteiger partial charge is 0.508 e. The summed E-state index contributed by atoms with van der Waals surface area (Å²) in [6.07, 6.45) is -1.56. The maximum atomic E-state index is 12.5. The Kier molecular flexibility index (Phi) is 22.3. The summed E-state index contributed by atoms with van der Waals surface area (Å²) < 4.78 is 24.8. The maximum absolute atomic E-state index is 12.5. The van der Waals surface area contributed by atoms with Gasteiger partial charge in [-0.2, -0.15) is 11.8 Å². The molecule has 0 aromatic carbocycles. The molecule has 17 nitrogen and oxygen atoms in total. The molecule has 42 heavy (non-hydrogen) atoms. The molecule has 0 bridgehead atoms. The van der Waals surface area contributed by atoms with Gasteiger partial charge in [0.2, 0.25) is 23.6 Å². The summed E-state index contributed by atoms with van der Waals surface area (Å²) in [5.41, 5.74) is 10.9. The second kappa shape index (κ2) is 24.3. The number of carbonyl (C=O) groups excluding carboxylic acids is 6. The second-order valence-electron chi connectivity index (χ2n) is 8.38. The molecule has 0 heterocycles. The summed E-state index contributed by atoms with van der Waals surface area (Å²) >= 11 is 1.22. The van der Waals surface area contributed by atoms with Crippen LogP contribution in [0.5, 0.6) is 0 Å². The van der Waals surface area contributed by atoms with Crippen LogP contribution in [0.4, 0.5) is 9.59 Å². The first kappa shape index (κ1) is 38.6. The van der Waals surface area contributed by atoms with Crippen LogP contribution in [-0.2, 0) is 42.9 Å². The summed E-state index contributed by atoms with van der Waals surface area (Å²) in [5.74, 6) is -2.07. The SMILES string of the molecule is CCOC(=O)OCCCC(CSCC(N)C(=O)NC(CO)C(=O)NCCOCCC(=O)NCC(N)=O)OC(=O)OCC. The molecule has 3 unspecified atom stereocenters. The Labute approximate surface area is 248 Å². The van der Waals surface area contributed by atoms with Gasteiger partial charge >= 0.3 is 12.3 Å². The van der Waals surface area contributed by atoms with Gasteiger partial charge < -0.3 is 56.2 Å². The first-order valence-corrected chi connectivity index (χ1v) is 14.5. The molecule has 0 aliphatic rings. The number of nitrogens with two attached hydrogens (primary N) is 2. The number of thioether (sulfide) groups is 1. The summed E-state index contributed by atoms with van der Waals surface area (Å²) in [7, 11) is 0. The summed E-state index contributed by atoms with van der Waals surface area (Å²) in [4.78, 5) is 69.8. The van der Waals surface area contributed by atoms with Crippen LogP contribution in [0, 0.1) is 0 Å². The van der Waals surface area contributed by atoms with Gasteiger partial charge in [0.15, 0.2) is 0 Å². The molecule has 0 aromatic rings. The average Bonchev–Trinajstić information content (AvgIpc) is 2.94. The highest BCUT2D eigenvalue weighted by molar-refractivity contribution is 7.99. The molecule has 0 saturated carbocycles. The Morgan fingerprint density at radius 1 is 0.881 bits per heavy atom. The van der Waals surface area contributed by atoms with Gasteiger partial charge in [0.25, 0.3) is 0 Å². The minimum Gasteiger partial charge on any atom is -0.435 e. The Balaban J connectivity index is 4.45. The van der Waals surface area contributed by atoms with Crippen LogP contribution in [0.15, 0.2) is 0 Å². The van der Waals surface area contributed by atoms with E-state index in [1.807, 2.05) is 0 Å². The van der Waals surface area contributed by atoms with Crippen LogP contribution in [0.2, 0.25) is 0 Å². The summed E-state index contributed by atoms with van der Waals surface area (Å²) in [6, 6.07) is -2.30. The molecule has 0 aliphatic heterocycles. The standard InChI is InChI=1S/C24H43N5O12S/c1-3-38-23(35)40-9-5-6-16(41-24(36)39-4-2)14-42-15-17(25)21(33)29-18(13-30)22(34)27-8-11-37-10-7-20(32)28-12-19(26)31/h16-18,30H,3-15,25H2,1-2H3,(H2,26,31)(H,27,34)(H,28,32)(H,29,33). The fourth-order valence-corrected chi connectivity index (χ4v) is 3.91. The van der Waals surface area contributed by atoms with Crippen molar-refractivity contribution in [3.63, 3.8) is 0 Å². The van der Waals surface area contributed by atoms with Crippen LogP contribution < -0.4 is 27.4 Å². The lowest BCUT2D eigenvalue weighted by atomic mass is 10.2. The van der Waals surface area contributed by atoms with Crippen molar-refractivity contribution in [3.05, 3.63) is 0 Å². The Hall–Kier alpha value is -3.35. The number of nitrogens with one attached hydrogen (secondary N) is 3. The van der Waals surface area contributed by atoms with Crippen molar-refractivity contribution in [3.8, 4) is 0 Å². The number of primary amides is 1. The molecular weight excluding hydrogens is 582 g/mol. The first-order chi connectivity index (χ1) is 20.0. The predicted molar refractivity (Wildman–Crippen MR) is 149 cm³/mol. The van der Waals surface area contributed by atoms with Gasteiger partial charge in [-0.3, -0.25) is 19.2 Å². The molecule has 0 spiro atoms. The number of rotatable bonds is 23. The Bertz CT molecular complexity index is 851. The maximum Gasteiger partial charge on any atom is 0.508 e. The normalized spacial score (nSPS) is 12.7. The molecule has 242 valence electrons. The van der Waals surface area contributed by atoms with Gasteiger partial charge in [0.05, 0.1) is 52.2 Å². The van der Waals surface area contributed by atoms with E-state index in [9.17, 15) is 33.9 Å². The smallest absolute Gasteiger partial charge is 0.435 e. The zero-order chi connectivity index (χ0) is 31.8. The van der Waals surface area contributed by atoms with Crippen LogP contribution in [0.3, 0.4) is 0 Å². The molecule has 0 rings (SSSR count). The third-order valence-corrected chi connectivity index (χ3v) is 6.11. The molecule has 0 fully saturated rings. The lowest BCUT2D eigenvalue weighted by Gasteiger charge is -2.20. The number of aliphatic hydroxyl groups excluding tert-OH is 1.